The van der Waals surface area contributed by atoms with Crippen LogP contribution in [0.15, 0.2) is 29.6 Å². The number of carbonyl (C=O) groups is 3. The third-order valence-electron chi connectivity index (χ3n) is 2.40. The molecule has 0 unspecified atom stereocenters. The molecule has 8 nitrogen and oxygen atoms in total. The molecule has 0 aliphatic heterocycles. The van der Waals surface area contributed by atoms with E-state index < -0.39 is 11.8 Å². The summed E-state index contributed by atoms with van der Waals surface area (Å²) >= 11 is 0. The second-order valence-electron chi connectivity index (χ2n) is 5.96. The van der Waals surface area contributed by atoms with Crippen molar-refractivity contribution in [3.8, 4) is 0 Å². The van der Waals surface area contributed by atoms with E-state index in [9.17, 15) is 14.4 Å². The molecule has 1 heterocycles. The number of pyridine rings is 1. The summed E-state index contributed by atoms with van der Waals surface area (Å²) in [6.45, 7) is 7.17. The molecule has 0 radical (unpaired) electrons. The van der Waals surface area contributed by atoms with Crippen LogP contribution in [0.4, 0.5) is 5.69 Å². The monoisotopic (exact) mass is 319 g/mol. The summed E-state index contributed by atoms with van der Waals surface area (Å²) in [6.07, 6.45) is 2.99. The molecule has 0 aliphatic rings. The van der Waals surface area contributed by atoms with E-state index in [1.165, 1.54) is 6.20 Å². The summed E-state index contributed by atoms with van der Waals surface area (Å²) in [7, 11) is 0. The number of hydrazone groups is 1. The van der Waals surface area contributed by atoms with Gasteiger partial charge in [0.05, 0.1) is 18.3 Å². The van der Waals surface area contributed by atoms with Crippen LogP contribution >= 0.6 is 0 Å². The van der Waals surface area contributed by atoms with Gasteiger partial charge in [0.25, 0.3) is 0 Å². The fourth-order valence-electron chi connectivity index (χ4n) is 1.56. The Morgan fingerprint density at radius 2 is 1.91 bits per heavy atom. The standard InChI is InChI=1S/C15H21N5O3/c1-10(8-12(21)18-15(2,3)4)19-20-14(23)13(22)17-11-6-5-7-16-9-11/h5-7,9H,8H2,1-4H3,(H,17,22)(H,18,21)(H,20,23)/b19-10-. The zero-order valence-corrected chi connectivity index (χ0v) is 13.6. The lowest BCUT2D eigenvalue weighted by atomic mass is 10.1. The van der Waals surface area contributed by atoms with Gasteiger partial charge in [-0.15, -0.1) is 0 Å². The van der Waals surface area contributed by atoms with Crippen LogP contribution < -0.4 is 16.1 Å². The van der Waals surface area contributed by atoms with Crippen molar-refractivity contribution in [3.63, 3.8) is 0 Å². The summed E-state index contributed by atoms with van der Waals surface area (Å²) in [5, 5.41) is 8.89. The summed E-state index contributed by atoms with van der Waals surface area (Å²) in [4.78, 5) is 38.8. The van der Waals surface area contributed by atoms with Crippen molar-refractivity contribution in [1.29, 1.82) is 0 Å². The number of anilines is 1. The topological polar surface area (TPSA) is 113 Å². The van der Waals surface area contributed by atoms with Crippen molar-refractivity contribution < 1.29 is 14.4 Å². The van der Waals surface area contributed by atoms with Crippen LogP contribution in [0.1, 0.15) is 34.1 Å². The lowest BCUT2D eigenvalue weighted by Crippen LogP contribution is -2.41. The van der Waals surface area contributed by atoms with E-state index in [1.807, 2.05) is 20.8 Å². The lowest BCUT2D eigenvalue weighted by Gasteiger charge is -2.20. The maximum absolute atomic E-state index is 11.7. The Labute approximate surface area is 134 Å². The molecule has 0 saturated heterocycles. The Morgan fingerprint density at radius 3 is 2.48 bits per heavy atom. The Hall–Kier alpha value is -2.77. The Kier molecular flexibility index (Phi) is 6.37. The molecular formula is C15H21N5O3. The summed E-state index contributed by atoms with van der Waals surface area (Å²) in [5.74, 6) is -2.01. The van der Waals surface area contributed by atoms with Crippen molar-refractivity contribution >= 4 is 29.1 Å². The van der Waals surface area contributed by atoms with Gasteiger partial charge in [0.2, 0.25) is 5.91 Å². The molecular weight excluding hydrogens is 298 g/mol. The van der Waals surface area contributed by atoms with E-state index in [0.29, 0.717) is 11.4 Å². The maximum Gasteiger partial charge on any atom is 0.329 e. The highest BCUT2D eigenvalue weighted by Crippen LogP contribution is 2.02. The second kappa shape index (κ2) is 8.02. The first-order valence-corrected chi connectivity index (χ1v) is 7.03. The van der Waals surface area contributed by atoms with Crippen molar-refractivity contribution in [2.24, 2.45) is 5.10 Å². The second-order valence-corrected chi connectivity index (χ2v) is 5.96. The number of hydrogen-bond donors (Lipinski definition) is 3. The lowest BCUT2D eigenvalue weighted by molar-refractivity contribution is -0.136. The molecule has 8 heteroatoms. The smallest absolute Gasteiger partial charge is 0.329 e. The fourth-order valence-corrected chi connectivity index (χ4v) is 1.56. The number of aromatic nitrogens is 1. The van der Waals surface area contributed by atoms with Crippen LogP contribution in [0.25, 0.3) is 0 Å². The first-order chi connectivity index (χ1) is 10.7. The van der Waals surface area contributed by atoms with Crippen LogP contribution in [-0.4, -0.2) is 34.0 Å². The van der Waals surface area contributed by atoms with Gasteiger partial charge in [-0.1, -0.05) is 0 Å². The molecule has 1 aromatic heterocycles. The number of amides is 3. The molecule has 0 bridgehead atoms. The molecule has 124 valence electrons. The fraction of sp³-hybridized carbons (Fsp3) is 0.400. The van der Waals surface area contributed by atoms with Crippen molar-refractivity contribution in [1.82, 2.24) is 15.7 Å². The molecule has 3 amide bonds. The molecule has 0 saturated carbocycles. The average molecular weight is 319 g/mol. The summed E-state index contributed by atoms with van der Waals surface area (Å²) in [6, 6.07) is 3.23. The van der Waals surface area contributed by atoms with Crippen molar-refractivity contribution in [2.75, 3.05) is 5.32 Å². The number of nitrogens with one attached hydrogen (secondary N) is 3. The van der Waals surface area contributed by atoms with E-state index in [1.54, 1.807) is 25.3 Å². The largest absolute Gasteiger partial charge is 0.351 e. The minimum atomic E-state index is -0.926. The first kappa shape index (κ1) is 18.3. The van der Waals surface area contributed by atoms with E-state index in [2.05, 4.69) is 26.1 Å². The molecule has 0 aromatic carbocycles. The van der Waals surface area contributed by atoms with Gasteiger partial charge < -0.3 is 10.6 Å². The minimum Gasteiger partial charge on any atom is -0.351 e. The van der Waals surface area contributed by atoms with E-state index >= 15 is 0 Å². The van der Waals surface area contributed by atoms with E-state index in [4.69, 9.17) is 0 Å². The van der Waals surface area contributed by atoms with Gasteiger partial charge in [-0.25, -0.2) is 5.43 Å². The highest BCUT2D eigenvalue weighted by atomic mass is 16.2. The van der Waals surface area contributed by atoms with Crippen LogP contribution in [0.5, 0.6) is 0 Å². The predicted molar refractivity (Wildman–Crippen MR) is 86.6 cm³/mol. The average Bonchev–Trinajstić information content (AvgIpc) is 2.43. The van der Waals surface area contributed by atoms with Gasteiger partial charge in [-0.2, -0.15) is 5.10 Å². The van der Waals surface area contributed by atoms with Gasteiger partial charge in [0.1, 0.15) is 0 Å². The molecule has 1 rings (SSSR count). The Bertz CT molecular complexity index is 605. The molecule has 23 heavy (non-hydrogen) atoms. The Morgan fingerprint density at radius 1 is 1.22 bits per heavy atom. The number of rotatable bonds is 4. The van der Waals surface area contributed by atoms with Crippen LogP contribution in [0.3, 0.4) is 0 Å². The van der Waals surface area contributed by atoms with Crippen molar-refractivity contribution in [3.05, 3.63) is 24.5 Å². The van der Waals surface area contributed by atoms with Gasteiger partial charge in [0.15, 0.2) is 0 Å². The van der Waals surface area contributed by atoms with E-state index in [0.717, 1.165) is 0 Å². The van der Waals surface area contributed by atoms with Crippen LogP contribution in [0.2, 0.25) is 0 Å². The third-order valence-corrected chi connectivity index (χ3v) is 2.40. The predicted octanol–water partition coefficient (Wildman–Crippen LogP) is 0.817. The summed E-state index contributed by atoms with van der Waals surface area (Å²) < 4.78 is 0. The molecule has 0 aliphatic carbocycles. The zero-order valence-electron chi connectivity index (χ0n) is 13.6. The van der Waals surface area contributed by atoms with Gasteiger partial charge in [-0.3, -0.25) is 19.4 Å². The normalized spacial score (nSPS) is 11.6. The van der Waals surface area contributed by atoms with Crippen LogP contribution in [-0.2, 0) is 14.4 Å². The molecule has 0 fully saturated rings. The number of carbonyl (C=O) groups excluding carboxylic acids is 3. The molecule has 0 spiro atoms. The number of hydrogen-bond acceptors (Lipinski definition) is 5. The maximum atomic E-state index is 11.7. The number of nitrogens with zero attached hydrogens (tertiary/aromatic N) is 2. The summed E-state index contributed by atoms with van der Waals surface area (Å²) in [5.41, 5.74) is 2.55. The van der Waals surface area contributed by atoms with Gasteiger partial charge in [0, 0.05) is 17.4 Å². The Balaban J connectivity index is 2.47. The SMILES string of the molecule is C/C(CC(=O)NC(C)(C)C)=N/NC(=O)C(=O)Nc1cccnc1. The minimum absolute atomic E-state index is 0.0295. The van der Waals surface area contributed by atoms with Crippen LogP contribution in [0, 0.1) is 0 Å². The highest BCUT2D eigenvalue weighted by molar-refractivity contribution is 6.39. The quantitative estimate of drug-likeness (QED) is 0.433. The zero-order chi connectivity index (χ0) is 17.5. The van der Waals surface area contributed by atoms with E-state index in [-0.39, 0.29) is 17.9 Å². The highest BCUT2D eigenvalue weighted by Gasteiger charge is 2.15. The van der Waals surface area contributed by atoms with Gasteiger partial charge >= 0.3 is 11.8 Å². The van der Waals surface area contributed by atoms with Gasteiger partial charge in [-0.05, 0) is 39.8 Å². The molecule has 1 aromatic rings. The van der Waals surface area contributed by atoms with Crippen molar-refractivity contribution in [2.45, 2.75) is 39.7 Å². The molecule has 0 atom stereocenters. The molecule has 3 N–H and O–H groups in total. The first-order valence-electron chi connectivity index (χ1n) is 7.03. The third kappa shape index (κ3) is 7.70.